The predicted molar refractivity (Wildman–Crippen MR) is 151 cm³/mol. The molecule has 1 atom stereocenters. The molecule has 1 amide bonds. The zero-order valence-electron chi connectivity index (χ0n) is 21.8. The number of para-hydroxylation sites is 1. The molecule has 196 valence electrons. The van der Waals surface area contributed by atoms with E-state index in [-0.39, 0.29) is 29.0 Å². The highest BCUT2D eigenvalue weighted by Crippen LogP contribution is 2.31. The standard InChI is InChI=1S/C31H32N2O4S/c1-4-29(25-16-14-23(2)15-17-25)32-31(34)28-12-8-9-13-30(28)33(22-24-10-6-5-7-11-24)38(35,36)27-20-18-26(37-3)19-21-27/h5-21,29H,4,22H2,1-3H3,(H,32,34)/t29-/m0/s1. The van der Waals surface area contributed by atoms with Crippen molar-refractivity contribution in [3.63, 3.8) is 0 Å². The van der Waals surface area contributed by atoms with E-state index in [4.69, 9.17) is 4.74 Å². The third-order valence-electron chi connectivity index (χ3n) is 6.43. The van der Waals surface area contributed by atoms with Crippen LogP contribution < -0.4 is 14.4 Å². The number of carbonyl (C=O) groups excluding carboxylic acids is 1. The van der Waals surface area contributed by atoms with Crippen molar-refractivity contribution in [1.82, 2.24) is 5.32 Å². The topological polar surface area (TPSA) is 75.7 Å². The molecule has 6 nitrogen and oxygen atoms in total. The number of anilines is 1. The van der Waals surface area contributed by atoms with Crippen molar-refractivity contribution in [2.75, 3.05) is 11.4 Å². The van der Waals surface area contributed by atoms with E-state index < -0.39 is 10.0 Å². The Hall–Kier alpha value is -4.10. The van der Waals surface area contributed by atoms with Crippen LogP contribution in [0.2, 0.25) is 0 Å². The van der Waals surface area contributed by atoms with Gasteiger partial charge in [0.1, 0.15) is 5.75 Å². The summed E-state index contributed by atoms with van der Waals surface area (Å²) < 4.78 is 34.5. The number of nitrogens with zero attached hydrogens (tertiary/aromatic N) is 1. The molecule has 0 bridgehead atoms. The monoisotopic (exact) mass is 528 g/mol. The third-order valence-corrected chi connectivity index (χ3v) is 8.20. The van der Waals surface area contributed by atoms with Crippen LogP contribution in [0.15, 0.2) is 108 Å². The first-order valence-electron chi connectivity index (χ1n) is 12.5. The molecule has 0 aliphatic heterocycles. The molecule has 4 rings (SSSR count). The second-order valence-corrected chi connectivity index (χ2v) is 10.9. The van der Waals surface area contributed by atoms with Gasteiger partial charge in [-0.1, -0.05) is 79.2 Å². The normalized spacial score (nSPS) is 12.0. The fraction of sp³-hybridized carbons (Fsp3) is 0.194. The predicted octanol–water partition coefficient (Wildman–Crippen LogP) is 6.28. The quantitative estimate of drug-likeness (QED) is 0.263. The third kappa shape index (κ3) is 6.06. The lowest BCUT2D eigenvalue weighted by molar-refractivity contribution is 0.0936. The van der Waals surface area contributed by atoms with Crippen LogP contribution in [-0.2, 0) is 16.6 Å². The molecule has 4 aromatic rings. The Bertz CT molecular complexity index is 1470. The van der Waals surface area contributed by atoms with Crippen molar-refractivity contribution in [2.45, 2.75) is 37.8 Å². The molecule has 0 spiro atoms. The zero-order valence-corrected chi connectivity index (χ0v) is 22.6. The van der Waals surface area contributed by atoms with Gasteiger partial charge in [0, 0.05) is 0 Å². The lowest BCUT2D eigenvalue weighted by Gasteiger charge is -2.27. The smallest absolute Gasteiger partial charge is 0.264 e. The first-order chi connectivity index (χ1) is 18.3. The van der Waals surface area contributed by atoms with Gasteiger partial charge in [-0.25, -0.2) is 8.42 Å². The van der Waals surface area contributed by atoms with E-state index in [1.54, 1.807) is 36.4 Å². The van der Waals surface area contributed by atoms with Crippen LogP contribution in [0, 0.1) is 6.92 Å². The molecule has 0 radical (unpaired) electrons. The van der Waals surface area contributed by atoms with Crippen molar-refractivity contribution in [3.8, 4) is 5.75 Å². The Morgan fingerprint density at radius 3 is 2.13 bits per heavy atom. The molecule has 0 saturated heterocycles. The van der Waals surface area contributed by atoms with Gasteiger partial charge in [-0.05, 0) is 60.9 Å². The highest BCUT2D eigenvalue weighted by atomic mass is 32.2. The number of methoxy groups -OCH3 is 1. The molecule has 0 aliphatic carbocycles. The van der Waals surface area contributed by atoms with Gasteiger partial charge in [-0.15, -0.1) is 0 Å². The average Bonchev–Trinajstić information content (AvgIpc) is 2.95. The van der Waals surface area contributed by atoms with Crippen LogP contribution in [-0.4, -0.2) is 21.4 Å². The number of rotatable bonds is 10. The minimum atomic E-state index is -4.03. The summed E-state index contributed by atoms with van der Waals surface area (Å²) in [5.74, 6) is 0.219. The summed E-state index contributed by atoms with van der Waals surface area (Å²) in [5, 5.41) is 3.11. The maximum atomic E-state index is 14.0. The molecule has 0 unspecified atom stereocenters. The minimum Gasteiger partial charge on any atom is -0.497 e. The largest absolute Gasteiger partial charge is 0.497 e. The number of ether oxygens (including phenoxy) is 1. The number of benzene rings is 4. The van der Waals surface area contributed by atoms with Gasteiger partial charge < -0.3 is 10.1 Å². The summed E-state index contributed by atoms with van der Waals surface area (Å²) in [6, 6.07) is 30.2. The lowest BCUT2D eigenvalue weighted by Crippen LogP contribution is -2.34. The van der Waals surface area contributed by atoms with E-state index in [1.165, 1.54) is 23.5 Å². The molecular formula is C31H32N2O4S. The van der Waals surface area contributed by atoms with E-state index in [0.29, 0.717) is 17.9 Å². The van der Waals surface area contributed by atoms with Gasteiger partial charge in [-0.3, -0.25) is 9.10 Å². The Balaban J connectivity index is 1.75. The molecule has 0 aliphatic rings. The highest BCUT2D eigenvalue weighted by molar-refractivity contribution is 7.92. The number of amides is 1. The summed E-state index contributed by atoms with van der Waals surface area (Å²) >= 11 is 0. The molecule has 4 aromatic carbocycles. The van der Waals surface area contributed by atoms with E-state index >= 15 is 0 Å². The first-order valence-corrected chi connectivity index (χ1v) is 13.9. The highest BCUT2D eigenvalue weighted by Gasteiger charge is 2.29. The number of sulfonamides is 1. The number of nitrogens with one attached hydrogen (secondary N) is 1. The van der Waals surface area contributed by atoms with E-state index in [0.717, 1.165) is 16.7 Å². The Morgan fingerprint density at radius 2 is 1.50 bits per heavy atom. The maximum Gasteiger partial charge on any atom is 0.264 e. The van der Waals surface area contributed by atoms with E-state index in [2.05, 4.69) is 5.32 Å². The lowest BCUT2D eigenvalue weighted by atomic mass is 10.0. The number of hydrogen-bond acceptors (Lipinski definition) is 4. The maximum absolute atomic E-state index is 14.0. The second-order valence-electron chi connectivity index (χ2n) is 9.03. The van der Waals surface area contributed by atoms with Crippen LogP contribution in [0.25, 0.3) is 0 Å². The molecule has 0 fully saturated rings. The van der Waals surface area contributed by atoms with Gasteiger partial charge in [0.2, 0.25) is 0 Å². The Labute approximate surface area is 225 Å². The van der Waals surface area contributed by atoms with Gasteiger partial charge in [0.15, 0.2) is 0 Å². The van der Waals surface area contributed by atoms with Gasteiger partial charge in [-0.2, -0.15) is 0 Å². The molecular weight excluding hydrogens is 496 g/mol. The van der Waals surface area contributed by atoms with Crippen LogP contribution >= 0.6 is 0 Å². The molecule has 7 heteroatoms. The molecule has 1 N–H and O–H groups in total. The van der Waals surface area contributed by atoms with Crippen molar-refractivity contribution >= 4 is 21.6 Å². The summed E-state index contributed by atoms with van der Waals surface area (Å²) in [4.78, 5) is 13.7. The number of hydrogen-bond donors (Lipinski definition) is 1. The summed E-state index contributed by atoms with van der Waals surface area (Å²) in [6.07, 6.45) is 0.689. The summed E-state index contributed by atoms with van der Waals surface area (Å²) in [6.45, 7) is 4.09. The van der Waals surface area contributed by atoms with E-state index in [9.17, 15) is 13.2 Å². The van der Waals surface area contributed by atoms with Gasteiger partial charge in [0.05, 0.1) is 35.8 Å². The number of aryl methyl sites for hydroxylation is 1. The first kappa shape index (κ1) is 26.9. The Kier molecular flexibility index (Phi) is 8.48. The van der Waals surface area contributed by atoms with Crippen LogP contribution in [0.1, 0.15) is 46.4 Å². The van der Waals surface area contributed by atoms with Gasteiger partial charge in [0.25, 0.3) is 15.9 Å². The summed E-state index contributed by atoms with van der Waals surface area (Å²) in [7, 11) is -2.50. The fourth-order valence-corrected chi connectivity index (χ4v) is 5.73. The fourth-order valence-electron chi connectivity index (χ4n) is 4.26. The average molecular weight is 529 g/mol. The molecule has 38 heavy (non-hydrogen) atoms. The molecule has 0 saturated carbocycles. The number of carbonyl (C=O) groups is 1. The van der Waals surface area contributed by atoms with Crippen LogP contribution in [0.4, 0.5) is 5.69 Å². The molecule has 0 aromatic heterocycles. The second kappa shape index (κ2) is 12.0. The van der Waals surface area contributed by atoms with Crippen molar-refractivity contribution in [1.29, 1.82) is 0 Å². The van der Waals surface area contributed by atoms with Crippen LogP contribution in [0.5, 0.6) is 5.75 Å². The SMILES string of the molecule is CC[C@H](NC(=O)c1ccccc1N(Cc1ccccc1)S(=O)(=O)c1ccc(OC)cc1)c1ccc(C)cc1. The minimum absolute atomic E-state index is 0.0642. The summed E-state index contributed by atoms with van der Waals surface area (Å²) in [5.41, 5.74) is 3.52. The zero-order chi connectivity index (χ0) is 27.1. The van der Waals surface area contributed by atoms with Crippen LogP contribution in [0.3, 0.4) is 0 Å². The van der Waals surface area contributed by atoms with Crippen molar-refractivity contribution < 1.29 is 17.9 Å². The molecule has 0 heterocycles. The van der Waals surface area contributed by atoms with E-state index in [1.807, 2.05) is 68.4 Å². The van der Waals surface area contributed by atoms with Gasteiger partial charge >= 0.3 is 0 Å². The van der Waals surface area contributed by atoms with Crippen molar-refractivity contribution in [3.05, 3.63) is 125 Å². The Morgan fingerprint density at radius 1 is 0.868 bits per heavy atom. The van der Waals surface area contributed by atoms with Crippen molar-refractivity contribution in [2.24, 2.45) is 0 Å².